The maximum atomic E-state index is 7.75. The Morgan fingerprint density at radius 1 is 0.882 bits per heavy atom. The Balaban J connectivity index is -0.0000000250. The van der Waals surface area contributed by atoms with E-state index >= 15 is 0 Å². The molecule has 0 atom stereocenters. The first kappa shape index (κ1) is 36.0. The molecule has 0 aromatic carbocycles. The van der Waals surface area contributed by atoms with Gasteiger partial charge in [0.25, 0.3) is 0 Å². The van der Waals surface area contributed by atoms with Gasteiger partial charge < -0.3 is 24.4 Å². The van der Waals surface area contributed by atoms with E-state index in [1.807, 2.05) is 0 Å². The van der Waals surface area contributed by atoms with Crippen LogP contribution in [0.15, 0.2) is 0 Å². The monoisotopic (exact) mass is 328 g/mol. The molecule has 1 aliphatic carbocycles. The topological polar surface area (TPSA) is 34.1 Å². The van der Waals surface area contributed by atoms with E-state index in [9.17, 15) is 0 Å². The summed E-state index contributed by atoms with van der Waals surface area (Å²) in [4.78, 5) is 15.5. The predicted molar refractivity (Wildman–Crippen MR) is 74.5 cm³/mol. The van der Waals surface area contributed by atoms with Crippen LogP contribution >= 0.6 is 0 Å². The van der Waals surface area contributed by atoms with Crippen molar-refractivity contribution in [2.45, 2.75) is 59.3 Å². The van der Waals surface area contributed by atoms with E-state index in [0.29, 0.717) is 0 Å². The summed E-state index contributed by atoms with van der Waals surface area (Å²) in [6, 6.07) is 0. The standard InChI is InChI=1S/C6H12.C4H10.2CHO.2CH3.Mo/c1-6-4-2-3-5-6;1-3-4-2;2*1-2;;;/h6H,2-5H2,1H3;3-4H2,1-2H3;2*1H;2*1H3;/q;;4*-1;+4. The molecule has 1 aliphatic rings. The van der Waals surface area contributed by atoms with Crippen molar-refractivity contribution in [3.63, 3.8) is 0 Å². The Labute approximate surface area is 124 Å². The van der Waals surface area contributed by atoms with Crippen LogP contribution in [0.3, 0.4) is 0 Å². The van der Waals surface area contributed by atoms with Gasteiger partial charge in [0.1, 0.15) is 0 Å². The fourth-order valence-electron chi connectivity index (χ4n) is 1.13. The van der Waals surface area contributed by atoms with Crippen molar-refractivity contribution in [1.29, 1.82) is 0 Å². The average molecular weight is 326 g/mol. The molecule has 2 nitrogen and oxygen atoms in total. The number of rotatable bonds is 1. The quantitative estimate of drug-likeness (QED) is 0.408. The molecule has 1 rings (SSSR count). The minimum Gasteiger partial charge on any atom is -0.545 e. The molecule has 17 heavy (non-hydrogen) atoms. The van der Waals surface area contributed by atoms with Gasteiger partial charge in [-0.15, -0.1) is 0 Å². The van der Waals surface area contributed by atoms with Crippen molar-refractivity contribution in [2.24, 2.45) is 5.92 Å². The van der Waals surface area contributed by atoms with Crippen LogP contribution in [-0.4, -0.2) is 13.6 Å². The molecule has 1 fully saturated rings. The molecule has 104 valence electrons. The molecule has 0 unspecified atom stereocenters. The fraction of sp³-hybridized carbons (Fsp3) is 0.714. The number of hydrogen-bond donors (Lipinski definition) is 0. The third kappa shape index (κ3) is 48.9. The maximum Gasteiger partial charge on any atom is 4.00 e. The van der Waals surface area contributed by atoms with Gasteiger partial charge in [-0.3, -0.25) is 13.6 Å². The normalized spacial score (nSPS) is 11.2. The van der Waals surface area contributed by atoms with E-state index < -0.39 is 0 Å². The largest absolute Gasteiger partial charge is 4.00 e. The van der Waals surface area contributed by atoms with Crippen LogP contribution in [-0.2, 0) is 30.7 Å². The number of carbonyl (C=O) groups excluding carboxylic acids is 2. The Bertz CT molecular complexity index is 80.3. The van der Waals surface area contributed by atoms with Crippen LogP contribution in [0, 0.1) is 20.8 Å². The third-order valence-electron chi connectivity index (χ3n) is 2.14. The van der Waals surface area contributed by atoms with Crippen LogP contribution in [0.2, 0.25) is 0 Å². The van der Waals surface area contributed by atoms with Gasteiger partial charge in [-0.1, -0.05) is 59.3 Å². The van der Waals surface area contributed by atoms with Crippen molar-refractivity contribution in [1.82, 2.24) is 0 Å². The van der Waals surface area contributed by atoms with Crippen molar-refractivity contribution in [3.05, 3.63) is 14.9 Å². The van der Waals surface area contributed by atoms with E-state index in [2.05, 4.69) is 34.3 Å². The predicted octanol–water partition coefficient (Wildman–Crippen LogP) is 4.35. The molecular weight excluding hydrogens is 296 g/mol. The summed E-state index contributed by atoms with van der Waals surface area (Å²) >= 11 is 0. The second kappa shape index (κ2) is 44.4. The summed E-state index contributed by atoms with van der Waals surface area (Å²) in [5.74, 6) is 1.05. The first-order valence-electron chi connectivity index (χ1n) is 5.28. The molecule has 0 spiro atoms. The molecule has 0 aliphatic heterocycles. The molecule has 0 heterocycles. The van der Waals surface area contributed by atoms with Gasteiger partial charge in [-0.05, 0) is 5.92 Å². The van der Waals surface area contributed by atoms with Crippen LogP contribution in [0.4, 0.5) is 0 Å². The van der Waals surface area contributed by atoms with Crippen molar-refractivity contribution in [3.8, 4) is 0 Å². The molecule has 0 aromatic rings. The van der Waals surface area contributed by atoms with Gasteiger partial charge in [0.05, 0.1) is 0 Å². The molecule has 0 saturated heterocycles. The molecule has 3 heteroatoms. The molecule has 0 bridgehead atoms. The average Bonchev–Trinajstić information content (AvgIpc) is 2.75. The number of unbranched alkanes of at least 4 members (excludes halogenated alkanes) is 1. The molecular formula is C14H30MoO2. The van der Waals surface area contributed by atoms with Crippen molar-refractivity contribution < 1.29 is 30.7 Å². The molecule has 0 radical (unpaired) electrons. The summed E-state index contributed by atoms with van der Waals surface area (Å²) < 4.78 is 0. The SMILES string of the molecule is CC1CCCC1.CCCC.[CH-]=O.[CH-]=O.[CH3-].[CH3-].[Mo+4]. The first-order chi connectivity index (χ1) is 6.81. The Kier molecular flexibility index (Phi) is 94.0. The molecule has 0 amide bonds. The summed E-state index contributed by atoms with van der Waals surface area (Å²) in [6.07, 6.45) is 8.59. The van der Waals surface area contributed by atoms with E-state index in [1.165, 1.54) is 38.5 Å². The second-order valence-electron chi connectivity index (χ2n) is 3.39. The van der Waals surface area contributed by atoms with Gasteiger partial charge in [-0.25, -0.2) is 0 Å². The van der Waals surface area contributed by atoms with E-state index in [4.69, 9.17) is 9.59 Å². The van der Waals surface area contributed by atoms with Crippen LogP contribution in [0.25, 0.3) is 0 Å². The summed E-state index contributed by atoms with van der Waals surface area (Å²) in [5.41, 5.74) is 0. The summed E-state index contributed by atoms with van der Waals surface area (Å²) in [5, 5.41) is 0. The fourth-order valence-corrected chi connectivity index (χ4v) is 1.13. The van der Waals surface area contributed by atoms with Crippen molar-refractivity contribution >= 4 is 13.6 Å². The van der Waals surface area contributed by atoms with Gasteiger partial charge in [0.2, 0.25) is 0 Å². The second-order valence-corrected chi connectivity index (χ2v) is 3.39. The number of hydrogen-bond acceptors (Lipinski definition) is 2. The maximum absolute atomic E-state index is 7.75. The van der Waals surface area contributed by atoms with E-state index in [1.54, 1.807) is 0 Å². The van der Waals surface area contributed by atoms with Crippen LogP contribution < -0.4 is 0 Å². The minimum atomic E-state index is 0. The minimum absolute atomic E-state index is 0. The molecule has 0 N–H and O–H groups in total. The van der Waals surface area contributed by atoms with E-state index in [-0.39, 0.29) is 35.9 Å². The van der Waals surface area contributed by atoms with Gasteiger partial charge in [0.15, 0.2) is 0 Å². The molecule has 0 aromatic heterocycles. The zero-order chi connectivity index (χ0) is 11.8. The van der Waals surface area contributed by atoms with Crippen LogP contribution in [0.1, 0.15) is 59.3 Å². The Morgan fingerprint density at radius 3 is 1.18 bits per heavy atom. The third-order valence-corrected chi connectivity index (χ3v) is 2.14. The van der Waals surface area contributed by atoms with Gasteiger partial charge in [-0.2, -0.15) is 0 Å². The van der Waals surface area contributed by atoms with Gasteiger partial charge >= 0.3 is 21.1 Å². The zero-order valence-electron chi connectivity index (χ0n) is 12.2. The Hall–Kier alpha value is 0.0283. The van der Waals surface area contributed by atoms with E-state index in [0.717, 1.165) is 5.92 Å². The summed E-state index contributed by atoms with van der Waals surface area (Å²) in [6.45, 7) is 13.2. The van der Waals surface area contributed by atoms with Crippen LogP contribution in [0.5, 0.6) is 0 Å². The smallest absolute Gasteiger partial charge is 0.545 e. The van der Waals surface area contributed by atoms with Crippen molar-refractivity contribution in [2.75, 3.05) is 0 Å². The zero-order valence-corrected chi connectivity index (χ0v) is 14.2. The summed E-state index contributed by atoms with van der Waals surface area (Å²) in [7, 11) is 0. The van der Waals surface area contributed by atoms with Gasteiger partial charge in [0, 0.05) is 0 Å². The Morgan fingerprint density at radius 2 is 1.12 bits per heavy atom. The molecule has 1 saturated carbocycles. The first-order valence-corrected chi connectivity index (χ1v) is 5.28.